The van der Waals surface area contributed by atoms with E-state index in [9.17, 15) is 4.79 Å². The normalized spacial score (nSPS) is 18.6. The van der Waals surface area contributed by atoms with Gasteiger partial charge in [0.2, 0.25) is 5.56 Å². The number of H-pyrrole nitrogens is 1. The molecule has 3 nitrogen and oxygen atoms in total. The number of hydrogen-bond acceptors (Lipinski definition) is 2. The van der Waals surface area contributed by atoms with Crippen LogP contribution in [0.15, 0.2) is 16.9 Å². The van der Waals surface area contributed by atoms with Crippen molar-refractivity contribution in [3.63, 3.8) is 0 Å². The van der Waals surface area contributed by atoms with E-state index in [-0.39, 0.29) is 11.6 Å². The van der Waals surface area contributed by atoms with Crippen molar-refractivity contribution in [3.8, 4) is 0 Å². The highest BCUT2D eigenvalue weighted by Gasteiger charge is 2.30. The third-order valence-electron chi connectivity index (χ3n) is 2.65. The summed E-state index contributed by atoms with van der Waals surface area (Å²) in [7, 11) is 0. The molecular formula is C10H14N2O. The zero-order chi connectivity index (χ0) is 9.42. The Bertz CT molecular complexity index is 365. The second kappa shape index (κ2) is 3.00. The molecule has 1 aliphatic rings. The van der Waals surface area contributed by atoms with Crippen molar-refractivity contribution in [2.75, 3.05) is 0 Å². The van der Waals surface area contributed by atoms with Crippen molar-refractivity contribution < 1.29 is 0 Å². The summed E-state index contributed by atoms with van der Waals surface area (Å²) in [5, 5.41) is 0. The van der Waals surface area contributed by atoms with Gasteiger partial charge in [-0.1, -0.05) is 6.07 Å². The Balaban J connectivity index is 2.33. The second-order valence-electron chi connectivity index (χ2n) is 3.77. The minimum Gasteiger partial charge on any atom is -0.326 e. The predicted octanol–water partition coefficient (Wildman–Crippen LogP) is 1.09. The summed E-state index contributed by atoms with van der Waals surface area (Å²) >= 11 is 0. The van der Waals surface area contributed by atoms with E-state index < -0.39 is 0 Å². The molecule has 0 bridgehead atoms. The molecule has 0 amide bonds. The summed E-state index contributed by atoms with van der Waals surface area (Å²) in [6.45, 7) is 1.90. The standard InChI is InChI=1S/C10H14N2O/c1-6-8(4-5-9(13)12-6)10(11)7-2-3-7/h4-5,7,10H,2-3,11H2,1H3,(H,12,13)/t10-/m1/s1. The highest BCUT2D eigenvalue weighted by molar-refractivity contribution is 5.23. The molecular weight excluding hydrogens is 164 g/mol. The smallest absolute Gasteiger partial charge is 0.248 e. The van der Waals surface area contributed by atoms with Crippen LogP contribution in [0.2, 0.25) is 0 Å². The van der Waals surface area contributed by atoms with Gasteiger partial charge in [-0.3, -0.25) is 4.79 Å². The van der Waals surface area contributed by atoms with E-state index in [0.717, 1.165) is 11.3 Å². The molecule has 1 aliphatic carbocycles. The molecule has 13 heavy (non-hydrogen) atoms. The molecule has 3 heteroatoms. The van der Waals surface area contributed by atoms with Crippen LogP contribution in [0.25, 0.3) is 0 Å². The molecule has 0 radical (unpaired) electrons. The third-order valence-corrected chi connectivity index (χ3v) is 2.65. The molecule has 0 spiro atoms. The molecule has 1 fully saturated rings. The summed E-state index contributed by atoms with van der Waals surface area (Å²) < 4.78 is 0. The van der Waals surface area contributed by atoms with Crippen molar-refractivity contribution >= 4 is 0 Å². The number of aromatic nitrogens is 1. The van der Waals surface area contributed by atoms with E-state index in [2.05, 4.69) is 4.98 Å². The SMILES string of the molecule is Cc1[nH]c(=O)ccc1[C@H](N)C1CC1. The molecule has 0 aromatic carbocycles. The van der Waals surface area contributed by atoms with Gasteiger partial charge in [-0.2, -0.15) is 0 Å². The monoisotopic (exact) mass is 178 g/mol. The van der Waals surface area contributed by atoms with Gasteiger partial charge in [0.15, 0.2) is 0 Å². The van der Waals surface area contributed by atoms with Gasteiger partial charge < -0.3 is 10.7 Å². The predicted molar refractivity (Wildman–Crippen MR) is 51.5 cm³/mol. The minimum atomic E-state index is -0.0516. The minimum absolute atomic E-state index is 0.0516. The molecule has 3 N–H and O–H groups in total. The van der Waals surface area contributed by atoms with Crippen LogP contribution in [-0.4, -0.2) is 4.98 Å². The zero-order valence-electron chi connectivity index (χ0n) is 7.71. The second-order valence-corrected chi connectivity index (χ2v) is 3.77. The zero-order valence-corrected chi connectivity index (χ0v) is 7.71. The van der Waals surface area contributed by atoms with Crippen LogP contribution >= 0.6 is 0 Å². The lowest BCUT2D eigenvalue weighted by molar-refractivity contribution is 0.625. The number of pyridine rings is 1. The maximum absolute atomic E-state index is 11.0. The van der Waals surface area contributed by atoms with Crippen LogP contribution in [0.3, 0.4) is 0 Å². The van der Waals surface area contributed by atoms with E-state index in [1.165, 1.54) is 12.8 Å². The Morgan fingerprint density at radius 2 is 2.23 bits per heavy atom. The molecule has 1 saturated carbocycles. The van der Waals surface area contributed by atoms with Gasteiger partial charge in [-0.05, 0) is 31.2 Å². The Kier molecular flexibility index (Phi) is 1.96. The first-order chi connectivity index (χ1) is 6.18. The van der Waals surface area contributed by atoms with Gasteiger partial charge in [0, 0.05) is 17.8 Å². The summed E-state index contributed by atoms with van der Waals surface area (Å²) in [6, 6.07) is 3.50. The summed E-state index contributed by atoms with van der Waals surface area (Å²) in [5.41, 5.74) is 7.97. The maximum atomic E-state index is 11.0. The van der Waals surface area contributed by atoms with Crippen molar-refractivity contribution in [2.45, 2.75) is 25.8 Å². The number of aromatic amines is 1. The quantitative estimate of drug-likeness (QED) is 0.712. The van der Waals surface area contributed by atoms with Crippen molar-refractivity contribution in [2.24, 2.45) is 11.7 Å². The van der Waals surface area contributed by atoms with E-state index in [1.807, 2.05) is 13.0 Å². The summed E-state index contributed by atoms with van der Waals surface area (Å²) in [6.07, 6.45) is 2.44. The molecule has 1 atom stereocenters. The number of aryl methyl sites for hydroxylation is 1. The Morgan fingerprint density at radius 1 is 1.54 bits per heavy atom. The van der Waals surface area contributed by atoms with Crippen LogP contribution in [0.1, 0.15) is 30.1 Å². The van der Waals surface area contributed by atoms with Crippen molar-refractivity contribution in [3.05, 3.63) is 33.7 Å². The lowest BCUT2D eigenvalue weighted by Crippen LogP contribution is -2.17. The Hall–Kier alpha value is -1.09. The van der Waals surface area contributed by atoms with Gasteiger partial charge in [-0.25, -0.2) is 0 Å². The van der Waals surface area contributed by atoms with Crippen LogP contribution in [0.4, 0.5) is 0 Å². The van der Waals surface area contributed by atoms with Gasteiger partial charge in [0.1, 0.15) is 0 Å². The average Bonchev–Trinajstić information content (AvgIpc) is 2.85. The van der Waals surface area contributed by atoms with Crippen LogP contribution in [-0.2, 0) is 0 Å². The summed E-state index contributed by atoms with van der Waals surface area (Å²) in [4.78, 5) is 13.7. The van der Waals surface area contributed by atoms with E-state index in [4.69, 9.17) is 5.73 Å². The average molecular weight is 178 g/mol. The van der Waals surface area contributed by atoms with Gasteiger partial charge in [-0.15, -0.1) is 0 Å². The molecule has 0 aliphatic heterocycles. The Labute approximate surface area is 77.0 Å². The van der Waals surface area contributed by atoms with E-state index >= 15 is 0 Å². The summed E-state index contributed by atoms with van der Waals surface area (Å²) in [5.74, 6) is 0.629. The highest BCUT2D eigenvalue weighted by Crippen LogP contribution is 2.39. The van der Waals surface area contributed by atoms with E-state index in [0.29, 0.717) is 5.92 Å². The van der Waals surface area contributed by atoms with Crippen molar-refractivity contribution in [1.82, 2.24) is 4.98 Å². The molecule has 2 rings (SSSR count). The van der Waals surface area contributed by atoms with Gasteiger partial charge in [0.25, 0.3) is 0 Å². The lowest BCUT2D eigenvalue weighted by Gasteiger charge is -2.12. The lowest BCUT2D eigenvalue weighted by atomic mass is 10.0. The van der Waals surface area contributed by atoms with Crippen molar-refractivity contribution in [1.29, 1.82) is 0 Å². The molecule has 1 heterocycles. The molecule has 1 aromatic heterocycles. The first kappa shape index (κ1) is 8.51. The number of hydrogen-bond donors (Lipinski definition) is 2. The fraction of sp³-hybridized carbons (Fsp3) is 0.500. The molecule has 0 saturated heterocycles. The highest BCUT2D eigenvalue weighted by atomic mass is 16.1. The van der Waals surface area contributed by atoms with Gasteiger partial charge >= 0.3 is 0 Å². The van der Waals surface area contributed by atoms with Crippen LogP contribution in [0, 0.1) is 12.8 Å². The van der Waals surface area contributed by atoms with Crippen LogP contribution in [0.5, 0.6) is 0 Å². The fourth-order valence-electron chi connectivity index (χ4n) is 1.66. The third kappa shape index (κ3) is 1.65. The molecule has 0 unspecified atom stereocenters. The first-order valence-electron chi connectivity index (χ1n) is 4.64. The first-order valence-corrected chi connectivity index (χ1v) is 4.64. The number of nitrogens with one attached hydrogen (secondary N) is 1. The number of nitrogens with two attached hydrogens (primary N) is 1. The maximum Gasteiger partial charge on any atom is 0.248 e. The van der Waals surface area contributed by atoms with E-state index in [1.54, 1.807) is 6.07 Å². The van der Waals surface area contributed by atoms with Crippen LogP contribution < -0.4 is 11.3 Å². The topological polar surface area (TPSA) is 58.9 Å². The fourth-order valence-corrected chi connectivity index (χ4v) is 1.66. The largest absolute Gasteiger partial charge is 0.326 e. The molecule has 70 valence electrons. The Morgan fingerprint density at radius 3 is 2.77 bits per heavy atom. The van der Waals surface area contributed by atoms with Gasteiger partial charge in [0.05, 0.1) is 0 Å². The molecule has 1 aromatic rings. The number of rotatable bonds is 2.